The van der Waals surface area contributed by atoms with Crippen molar-refractivity contribution in [3.8, 4) is 0 Å². The maximum atomic E-state index is 3.49. The van der Waals surface area contributed by atoms with E-state index in [0.717, 1.165) is 12.5 Å². The molecule has 1 heteroatoms. The van der Waals surface area contributed by atoms with E-state index in [1.165, 1.54) is 24.9 Å². The molecule has 0 fully saturated rings. The number of hydrogen-bond donors (Lipinski definition) is 1. The molecule has 1 aromatic rings. The molecule has 0 aromatic heterocycles. The van der Waals surface area contributed by atoms with E-state index in [1.807, 2.05) is 0 Å². The van der Waals surface area contributed by atoms with Gasteiger partial charge < -0.3 is 5.32 Å². The summed E-state index contributed by atoms with van der Waals surface area (Å²) in [5, 5.41) is 3.49. The molecule has 0 saturated heterocycles. The standard InChI is InChI=1S/C13H15N/c1-2-4-10(5-3-1)13-11-6-7-12(13)9-14-8-11/h1-5,11,14H,6-9H2. The minimum atomic E-state index is 0.779. The number of fused-ring (bicyclic) bond motifs is 1. The van der Waals surface area contributed by atoms with Gasteiger partial charge in [0.1, 0.15) is 0 Å². The van der Waals surface area contributed by atoms with Crippen molar-refractivity contribution in [2.75, 3.05) is 13.1 Å². The quantitative estimate of drug-likeness (QED) is 0.708. The summed E-state index contributed by atoms with van der Waals surface area (Å²) in [6.07, 6.45) is 2.66. The summed E-state index contributed by atoms with van der Waals surface area (Å²) in [5.41, 5.74) is 4.74. The van der Waals surface area contributed by atoms with Crippen LogP contribution >= 0.6 is 0 Å². The number of hydrogen-bond acceptors (Lipinski definition) is 1. The van der Waals surface area contributed by atoms with Gasteiger partial charge in [-0.15, -0.1) is 0 Å². The first-order valence-electron chi connectivity index (χ1n) is 5.43. The Bertz CT molecular complexity index is 364. The third kappa shape index (κ3) is 1.20. The molecule has 3 rings (SSSR count). The Hall–Kier alpha value is -1.08. The van der Waals surface area contributed by atoms with Crippen LogP contribution in [0.15, 0.2) is 35.9 Å². The highest BCUT2D eigenvalue weighted by Gasteiger charge is 2.29. The average molecular weight is 185 g/mol. The van der Waals surface area contributed by atoms with Crippen LogP contribution < -0.4 is 5.32 Å². The van der Waals surface area contributed by atoms with Gasteiger partial charge >= 0.3 is 0 Å². The van der Waals surface area contributed by atoms with Crippen molar-refractivity contribution < 1.29 is 0 Å². The molecule has 0 amide bonds. The molecule has 1 heterocycles. The van der Waals surface area contributed by atoms with Crippen molar-refractivity contribution >= 4 is 5.57 Å². The summed E-state index contributed by atoms with van der Waals surface area (Å²) in [6, 6.07) is 10.9. The van der Waals surface area contributed by atoms with Crippen LogP contribution in [0, 0.1) is 5.92 Å². The molecule has 1 aromatic carbocycles. The van der Waals surface area contributed by atoms with Crippen LogP contribution in [0.4, 0.5) is 0 Å². The highest BCUT2D eigenvalue weighted by molar-refractivity contribution is 5.73. The fraction of sp³-hybridized carbons (Fsp3) is 0.385. The Morgan fingerprint density at radius 1 is 1.14 bits per heavy atom. The summed E-state index contributed by atoms with van der Waals surface area (Å²) in [4.78, 5) is 0. The summed E-state index contributed by atoms with van der Waals surface area (Å²) in [7, 11) is 0. The van der Waals surface area contributed by atoms with E-state index in [1.54, 1.807) is 11.1 Å². The molecule has 1 nitrogen and oxygen atoms in total. The predicted molar refractivity (Wildman–Crippen MR) is 59.0 cm³/mol. The Labute approximate surface area is 84.8 Å². The fourth-order valence-corrected chi connectivity index (χ4v) is 2.76. The van der Waals surface area contributed by atoms with Gasteiger partial charge in [-0.3, -0.25) is 0 Å². The average Bonchev–Trinajstić information content (AvgIpc) is 2.50. The molecule has 1 aliphatic carbocycles. The van der Waals surface area contributed by atoms with Crippen LogP contribution in [0.5, 0.6) is 0 Å². The second-order valence-corrected chi connectivity index (χ2v) is 4.25. The molecular formula is C13H15N. The van der Waals surface area contributed by atoms with Crippen LogP contribution in [-0.2, 0) is 0 Å². The van der Waals surface area contributed by atoms with Crippen molar-refractivity contribution in [2.45, 2.75) is 12.8 Å². The van der Waals surface area contributed by atoms with E-state index in [-0.39, 0.29) is 0 Å². The smallest absolute Gasteiger partial charge is 0.0171 e. The van der Waals surface area contributed by atoms with Gasteiger partial charge in [0.15, 0.2) is 0 Å². The Morgan fingerprint density at radius 2 is 2.00 bits per heavy atom. The van der Waals surface area contributed by atoms with Gasteiger partial charge in [-0.05, 0) is 29.9 Å². The third-order valence-corrected chi connectivity index (χ3v) is 3.40. The monoisotopic (exact) mass is 185 g/mol. The zero-order valence-corrected chi connectivity index (χ0v) is 8.29. The van der Waals surface area contributed by atoms with Crippen molar-refractivity contribution in [1.29, 1.82) is 0 Å². The van der Waals surface area contributed by atoms with Crippen molar-refractivity contribution in [2.24, 2.45) is 5.92 Å². The van der Waals surface area contributed by atoms with Crippen molar-refractivity contribution in [3.63, 3.8) is 0 Å². The maximum Gasteiger partial charge on any atom is 0.0171 e. The van der Waals surface area contributed by atoms with Crippen molar-refractivity contribution in [1.82, 2.24) is 5.32 Å². The van der Waals surface area contributed by atoms with E-state index in [0.29, 0.717) is 0 Å². The lowest BCUT2D eigenvalue weighted by molar-refractivity contribution is 0.595. The van der Waals surface area contributed by atoms with Crippen LogP contribution in [0.2, 0.25) is 0 Å². The first kappa shape index (κ1) is 8.25. The molecule has 2 aliphatic rings. The molecule has 2 bridgehead atoms. The lowest BCUT2D eigenvalue weighted by Gasteiger charge is -2.21. The second kappa shape index (κ2) is 3.25. The van der Waals surface area contributed by atoms with Gasteiger partial charge in [-0.25, -0.2) is 0 Å². The Morgan fingerprint density at radius 3 is 2.79 bits per heavy atom. The minimum absolute atomic E-state index is 0.779. The summed E-state index contributed by atoms with van der Waals surface area (Å²) < 4.78 is 0. The topological polar surface area (TPSA) is 12.0 Å². The number of nitrogens with one attached hydrogen (secondary N) is 1. The first-order valence-corrected chi connectivity index (χ1v) is 5.43. The van der Waals surface area contributed by atoms with Crippen LogP contribution in [0.1, 0.15) is 18.4 Å². The minimum Gasteiger partial charge on any atom is -0.312 e. The molecule has 0 spiro atoms. The lowest BCUT2D eigenvalue weighted by Crippen LogP contribution is -2.27. The molecule has 1 aliphatic heterocycles. The second-order valence-electron chi connectivity index (χ2n) is 4.25. The SMILES string of the molecule is c1ccc(C2=C3CCC2CNC3)cc1. The maximum absolute atomic E-state index is 3.49. The molecule has 0 radical (unpaired) electrons. The normalized spacial score (nSPS) is 25.6. The van der Waals surface area contributed by atoms with Crippen LogP contribution in [0.25, 0.3) is 5.57 Å². The van der Waals surface area contributed by atoms with Gasteiger partial charge in [0, 0.05) is 13.1 Å². The van der Waals surface area contributed by atoms with Gasteiger partial charge in [0.05, 0.1) is 0 Å². The zero-order valence-electron chi connectivity index (χ0n) is 8.29. The molecule has 1 N–H and O–H groups in total. The number of rotatable bonds is 1. The fourth-order valence-electron chi connectivity index (χ4n) is 2.76. The Balaban J connectivity index is 2.06. The van der Waals surface area contributed by atoms with Gasteiger partial charge in [-0.1, -0.05) is 35.9 Å². The van der Waals surface area contributed by atoms with E-state index >= 15 is 0 Å². The Kier molecular flexibility index (Phi) is 1.91. The lowest BCUT2D eigenvalue weighted by atomic mass is 9.91. The van der Waals surface area contributed by atoms with Crippen molar-refractivity contribution in [3.05, 3.63) is 41.5 Å². The largest absolute Gasteiger partial charge is 0.312 e. The van der Waals surface area contributed by atoms with Gasteiger partial charge in [0.25, 0.3) is 0 Å². The van der Waals surface area contributed by atoms with Crippen LogP contribution in [0.3, 0.4) is 0 Å². The summed E-state index contributed by atoms with van der Waals surface area (Å²) in [6.45, 7) is 2.29. The highest BCUT2D eigenvalue weighted by atomic mass is 14.9. The summed E-state index contributed by atoms with van der Waals surface area (Å²) >= 11 is 0. The third-order valence-electron chi connectivity index (χ3n) is 3.40. The number of benzene rings is 1. The van der Waals surface area contributed by atoms with Gasteiger partial charge in [-0.2, -0.15) is 0 Å². The molecule has 1 unspecified atom stereocenters. The molecule has 0 saturated carbocycles. The van der Waals surface area contributed by atoms with E-state index in [9.17, 15) is 0 Å². The summed E-state index contributed by atoms with van der Waals surface area (Å²) in [5.74, 6) is 0.779. The highest BCUT2D eigenvalue weighted by Crippen LogP contribution is 2.40. The van der Waals surface area contributed by atoms with Crippen LogP contribution in [-0.4, -0.2) is 13.1 Å². The molecule has 1 atom stereocenters. The molecular weight excluding hydrogens is 170 g/mol. The first-order chi connectivity index (χ1) is 6.95. The van der Waals surface area contributed by atoms with E-state index in [2.05, 4.69) is 35.6 Å². The molecule has 72 valence electrons. The predicted octanol–water partition coefficient (Wildman–Crippen LogP) is 2.45. The van der Waals surface area contributed by atoms with Gasteiger partial charge in [0.2, 0.25) is 0 Å². The van der Waals surface area contributed by atoms with E-state index in [4.69, 9.17) is 0 Å². The zero-order chi connectivity index (χ0) is 9.38. The van der Waals surface area contributed by atoms with E-state index < -0.39 is 0 Å². The molecule has 14 heavy (non-hydrogen) atoms.